The van der Waals surface area contributed by atoms with Crippen LogP contribution in [0, 0.1) is 0 Å². The molecule has 0 aliphatic heterocycles. The van der Waals surface area contributed by atoms with Gasteiger partial charge in [-0.2, -0.15) is 0 Å². The first kappa shape index (κ1) is 7.43. The SMILES string of the molecule is C=N/C(C=O)=C\SC. The molecule has 0 atom stereocenters. The summed E-state index contributed by atoms with van der Waals surface area (Å²) < 4.78 is 0. The summed E-state index contributed by atoms with van der Waals surface area (Å²) in [6, 6.07) is 0. The second-order valence-corrected chi connectivity index (χ2v) is 1.76. The number of hydrogen-bond acceptors (Lipinski definition) is 3. The highest BCUT2D eigenvalue weighted by Crippen LogP contribution is 1.99. The molecule has 44 valence electrons. The number of allylic oxidation sites excluding steroid dienone is 1. The maximum absolute atomic E-state index is 9.91. The molecule has 0 radical (unpaired) electrons. The van der Waals surface area contributed by atoms with Crippen molar-refractivity contribution in [3.05, 3.63) is 11.1 Å². The van der Waals surface area contributed by atoms with E-state index in [4.69, 9.17) is 0 Å². The van der Waals surface area contributed by atoms with E-state index in [1.807, 2.05) is 6.26 Å². The second-order valence-electron chi connectivity index (χ2n) is 1.05. The monoisotopic (exact) mass is 129 g/mol. The fourth-order valence-electron chi connectivity index (χ4n) is 0.223. The summed E-state index contributed by atoms with van der Waals surface area (Å²) in [6.07, 6.45) is 2.53. The van der Waals surface area contributed by atoms with E-state index in [2.05, 4.69) is 11.7 Å². The van der Waals surface area contributed by atoms with E-state index in [0.717, 1.165) is 0 Å². The van der Waals surface area contributed by atoms with Crippen LogP contribution in [0.2, 0.25) is 0 Å². The zero-order chi connectivity index (χ0) is 6.41. The summed E-state index contributed by atoms with van der Waals surface area (Å²) in [4.78, 5) is 13.3. The van der Waals surface area contributed by atoms with Crippen LogP contribution in [0.4, 0.5) is 0 Å². The van der Waals surface area contributed by atoms with E-state index >= 15 is 0 Å². The predicted octanol–water partition coefficient (Wildman–Crippen LogP) is 1.09. The van der Waals surface area contributed by atoms with Crippen LogP contribution in [0.25, 0.3) is 0 Å². The van der Waals surface area contributed by atoms with E-state index in [1.165, 1.54) is 11.8 Å². The van der Waals surface area contributed by atoms with E-state index in [9.17, 15) is 4.79 Å². The van der Waals surface area contributed by atoms with Crippen LogP contribution in [0.1, 0.15) is 0 Å². The van der Waals surface area contributed by atoms with Gasteiger partial charge in [-0.25, -0.2) is 0 Å². The lowest BCUT2D eigenvalue weighted by Crippen LogP contribution is -1.73. The van der Waals surface area contributed by atoms with Gasteiger partial charge in [-0.05, 0) is 18.4 Å². The van der Waals surface area contributed by atoms with Gasteiger partial charge in [0.2, 0.25) is 0 Å². The van der Waals surface area contributed by atoms with Crippen LogP contribution in [0.15, 0.2) is 16.1 Å². The fraction of sp³-hybridized carbons (Fsp3) is 0.200. The van der Waals surface area contributed by atoms with E-state index in [1.54, 1.807) is 5.41 Å². The molecule has 2 nitrogen and oxygen atoms in total. The van der Waals surface area contributed by atoms with Crippen molar-refractivity contribution >= 4 is 24.8 Å². The van der Waals surface area contributed by atoms with Crippen LogP contribution < -0.4 is 0 Å². The summed E-state index contributed by atoms with van der Waals surface area (Å²) in [5.41, 5.74) is 0.387. The molecule has 0 bridgehead atoms. The van der Waals surface area contributed by atoms with Gasteiger partial charge in [-0.15, -0.1) is 11.8 Å². The lowest BCUT2D eigenvalue weighted by atomic mass is 10.6. The molecule has 0 saturated heterocycles. The third-order valence-corrected chi connectivity index (χ3v) is 1.02. The lowest BCUT2D eigenvalue weighted by Gasteiger charge is -1.82. The van der Waals surface area contributed by atoms with Crippen molar-refractivity contribution < 1.29 is 4.79 Å². The number of rotatable bonds is 3. The zero-order valence-electron chi connectivity index (χ0n) is 4.63. The van der Waals surface area contributed by atoms with E-state index in [0.29, 0.717) is 12.0 Å². The molecular formula is C5H7NOS. The van der Waals surface area contributed by atoms with Crippen LogP contribution in [-0.2, 0) is 4.79 Å². The Labute approximate surface area is 52.7 Å². The third kappa shape index (κ3) is 2.58. The van der Waals surface area contributed by atoms with Gasteiger partial charge in [0.15, 0.2) is 6.29 Å². The van der Waals surface area contributed by atoms with Crippen LogP contribution in [0.3, 0.4) is 0 Å². The molecule has 0 spiro atoms. The minimum atomic E-state index is 0.387. The highest BCUT2D eigenvalue weighted by molar-refractivity contribution is 8.01. The Kier molecular flexibility index (Phi) is 4.26. The van der Waals surface area contributed by atoms with Crippen LogP contribution >= 0.6 is 11.8 Å². The van der Waals surface area contributed by atoms with Gasteiger partial charge in [0.25, 0.3) is 0 Å². The average molecular weight is 129 g/mol. The minimum absolute atomic E-state index is 0.387. The lowest BCUT2D eigenvalue weighted by molar-refractivity contribution is -0.104. The highest BCUT2D eigenvalue weighted by atomic mass is 32.2. The molecule has 0 saturated carbocycles. The number of thioether (sulfide) groups is 1. The number of nitrogens with zero attached hydrogens (tertiary/aromatic N) is 1. The van der Waals surface area contributed by atoms with Gasteiger partial charge in [0, 0.05) is 0 Å². The molecule has 0 rings (SSSR count). The summed E-state index contributed by atoms with van der Waals surface area (Å²) >= 11 is 1.43. The fourth-order valence-corrected chi connectivity index (χ4v) is 0.595. The Bertz CT molecular complexity index is 110. The molecule has 0 N–H and O–H groups in total. The van der Waals surface area contributed by atoms with Gasteiger partial charge in [-0.3, -0.25) is 9.79 Å². The van der Waals surface area contributed by atoms with Crippen molar-refractivity contribution in [2.75, 3.05) is 6.26 Å². The van der Waals surface area contributed by atoms with Crippen molar-refractivity contribution in [3.8, 4) is 0 Å². The number of aliphatic imine (C=N–C) groups is 1. The molecule has 0 aromatic carbocycles. The van der Waals surface area contributed by atoms with E-state index in [-0.39, 0.29) is 0 Å². The first-order chi connectivity index (χ1) is 3.85. The zero-order valence-corrected chi connectivity index (χ0v) is 5.44. The molecular weight excluding hydrogens is 122 g/mol. The molecule has 0 fully saturated rings. The third-order valence-electron chi connectivity index (χ3n) is 0.542. The Hall–Kier alpha value is -0.570. The maximum Gasteiger partial charge on any atom is 0.168 e. The topological polar surface area (TPSA) is 29.4 Å². The molecule has 0 amide bonds. The van der Waals surface area contributed by atoms with Gasteiger partial charge in [0.05, 0.1) is 0 Å². The summed E-state index contributed by atoms with van der Waals surface area (Å²) in [5.74, 6) is 0. The van der Waals surface area contributed by atoms with Gasteiger partial charge in [0.1, 0.15) is 5.70 Å². The maximum atomic E-state index is 9.91. The summed E-state index contributed by atoms with van der Waals surface area (Å²) in [6.45, 7) is 3.19. The van der Waals surface area contributed by atoms with E-state index < -0.39 is 0 Å². The first-order valence-corrected chi connectivity index (χ1v) is 3.28. The predicted molar refractivity (Wildman–Crippen MR) is 37.2 cm³/mol. The minimum Gasteiger partial charge on any atom is -0.296 e. The van der Waals surface area contributed by atoms with Gasteiger partial charge >= 0.3 is 0 Å². The highest BCUT2D eigenvalue weighted by Gasteiger charge is 1.82. The smallest absolute Gasteiger partial charge is 0.168 e. The Balaban J connectivity index is 3.85. The molecule has 0 aliphatic rings. The quantitative estimate of drug-likeness (QED) is 0.324. The van der Waals surface area contributed by atoms with Gasteiger partial charge in [-0.1, -0.05) is 0 Å². The molecule has 8 heavy (non-hydrogen) atoms. The van der Waals surface area contributed by atoms with Crippen molar-refractivity contribution in [1.82, 2.24) is 0 Å². The normalized spacial score (nSPS) is 10.9. The standard InChI is InChI=1S/C5H7NOS/c1-6-5(3-7)4-8-2/h3-4H,1H2,2H3/b5-4-. The van der Waals surface area contributed by atoms with Crippen LogP contribution in [-0.4, -0.2) is 19.3 Å². The molecule has 0 aliphatic carbocycles. The first-order valence-electron chi connectivity index (χ1n) is 2.00. The van der Waals surface area contributed by atoms with Crippen molar-refractivity contribution in [2.45, 2.75) is 0 Å². The summed E-state index contributed by atoms with van der Waals surface area (Å²) in [7, 11) is 0. The Morgan fingerprint density at radius 3 is 2.62 bits per heavy atom. The van der Waals surface area contributed by atoms with Crippen molar-refractivity contribution in [2.24, 2.45) is 4.99 Å². The Morgan fingerprint density at radius 2 is 2.50 bits per heavy atom. The molecule has 0 unspecified atom stereocenters. The number of hydrogen-bond donors (Lipinski definition) is 0. The molecule has 0 aromatic heterocycles. The van der Waals surface area contributed by atoms with Crippen LogP contribution in [0.5, 0.6) is 0 Å². The van der Waals surface area contributed by atoms with Gasteiger partial charge < -0.3 is 0 Å². The Morgan fingerprint density at radius 1 is 1.88 bits per heavy atom. The molecule has 0 heterocycles. The largest absolute Gasteiger partial charge is 0.296 e. The molecule has 3 heteroatoms. The number of carbonyl (C=O) groups is 1. The number of carbonyl (C=O) groups excluding carboxylic acids is 1. The average Bonchev–Trinajstić information content (AvgIpc) is 1.83. The summed E-state index contributed by atoms with van der Waals surface area (Å²) in [5, 5.41) is 1.64. The second kappa shape index (κ2) is 4.59. The molecule has 0 aromatic rings. The van der Waals surface area contributed by atoms with Crippen molar-refractivity contribution in [3.63, 3.8) is 0 Å². The number of aldehydes is 1. The van der Waals surface area contributed by atoms with Crippen molar-refractivity contribution in [1.29, 1.82) is 0 Å².